The van der Waals surface area contributed by atoms with Crippen LogP contribution in [0.3, 0.4) is 0 Å². The number of fused-ring (bicyclic) bond motifs is 1. The lowest BCUT2D eigenvalue weighted by Crippen LogP contribution is -2.26. The van der Waals surface area contributed by atoms with Crippen LogP contribution in [-0.2, 0) is 9.53 Å². The molecule has 2 aromatic heterocycles. The average Bonchev–Trinajstić information content (AvgIpc) is 2.89. The molecule has 6 heteroatoms. The van der Waals surface area contributed by atoms with Crippen LogP contribution in [0.2, 0.25) is 0 Å². The van der Waals surface area contributed by atoms with E-state index in [2.05, 4.69) is 18.8 Å². The van der Waals surface area contributed by atoms with Crippen molar-refractivity contribution in [3.63, 3.8) is 0 Å². The molecule has 0 spiro atoms. The molecule has 0 aliphatic carbocycles. The average molecular weight is 403 g/mol. The fraction of sp³-hybridized carbons (Fsp3) is 0.609. The van der Waals surface area contributed by atoms with Crippen molar-refractivity contribution in [3.05, 3.63) is 29.7 Å². The summed E-state index contributed by atoms with van der Waals surface area (Å²) in [6.07, 6.45) is 3.13. The van der Waals surface area contributed by atoms with Crippen molar-refractivity contribution in [3.8, 4) is 5.75 Å². The van der Waals surface area contributed by atoms with Crippen LogP contribution in [0, 0.1) is 18.8 Å². The summed E-state index contributed by atoms with van der Waals surface area (Å²) < 4.78 is 12.9. The van der Waals surface area contributed by atoms with Crippen LogP contribution in [0.1, 0.15) is 77.0 Å². The number of aryl methyl sites for hydroxylation is 1. The monoisotopic (exact) mass is 402 g/mol. The van der Waals surface area contributed by atoms with E-state index < -0.39 is 5.60 Å². The predicted octanol–water partition coefficient (Wildman–Crippen LogP) is 5.01. The smallest absolute Gasteiger partial charge is 0.306 e. The second-order valence-corrected chi connectivity index (χ2v) is 8.96. The second-order valence-electron chi connectivity index (χ2n) is 8.96. The number of carbonyl (C=O) groups is 2. The maximum absolute atomic E-state index is 13.2. The van der Waals surface area contributed by atoms with E-state index in [0.29, 0.717) is 35.3 Å². The van der Waals surface area contributed by atoms with Crippen LogP contribution < -0.4 is 4.74 Å². The van der Waals surface area contributed by atoms with Crippen molar-refractivity contribution < 1.29 is 19.1 Å². The van der Waals surface area contributed by atoms with Gasteiger partial charge >= 0.3 is 5.97 Å². The summed E-state index contributed by atoms with van der Waals surface area (Å²) in [5.74, 6) is 0.687. The summed E-state index contributed by atoms with van der Waals surface area (Å²) >= 11 is 0. The highest BCUT2D eigenvalue weighted by molar-refractivity contribution is 5.97. The second kappa shape index (κ2) is 9.42. The Kier molecular flexibility index (Phi) is 7.44. The van der Waals surface area contributed by atoms with Crippen molar-refractivity contribution in [1.29, 1.82) is 0 Å². The third kappa shape index (κ3) is 6.31. The molecule has 6 nitrogen and oxygen atoms in total. The Labute approximate surface area is 173 Å². The zero-order chi connectivity index (χ0) is 21.8. The van der Waals surface area contributed by atoms with Gasteiger partial charge in [0.15, 0.2) is 17.2 Å². The number of aromatic nitrogens is 2. The van der Waals surface area contributed by atoms with Crippen LogP contribution in [-0.4, -0.2) is 33.3 Å². The van der Waals surface area contributed by atoms with Gasteiger partial charge in [-0.15, -0.1) is 0 Å². The predicted molar refractivity (Wildman–Crippen MR) is 113 cm³/mol. The summed E-state index contributed by atoms with van der Waals surface area (Å²) in [7, 11) is 0. The summed E-state index contributed by atoms with van der Waals surface area (Å²) in [6, 6.07) is 3.70. The van der Waals surface area contributed by atoms with Gasteiger partial charge in [-0.2, -0.15) is 0 Å². The van der Waals surface area contributed by atoms with E-state index in [1.165, 1.54) is 0 Å². The highest BCUT2D eigenvalue weighted by Gasteiger charge is 2.26. The van der Waals surface area contributed by atoms with E-state index in [1.54, 1.807) is 4.40 Å². The largest absolute Gasteiger partial charge is 0.490 e. The molecule has 0 unspecified atom stereocenters. The lowest BCUT2D eigenvalue weighted by Gasteiger charge is -2.23. The molecule has 0 aliphatic rings. The molecule has 0 bridgehead atoms. The van der Waals surface area contributed by atoms with Gasteiger partial charge in [0.1, 0.15) is 11.3 Å². The molecule has 0 radical (unpaired) electrons. The van der Waals surface area contributed by atoms with E-state index in [4.69, 9.17) is 9.47 Å². The molecular weight excluding hydrogens is 368 g/mol. The van der Waals surface area contributed by atoms with Crippen molar-refractivity contribution in [1.82, 2.24) is 9.38 Å². The summed E-state index contributed by atoms with van der Waals surface area (Å²) in [4.78, 5) is 30.1. The summed E-state index contributed by atoms with van der Waals surface area (Å²) in [5, 5.41) is 0. The Balaban J connectivity index is 2.26. The molecule has 160 valence electrons. The van der Waals surface area contributed by atoms with Gasteiger partial charge in [-0.1, -0.05) is 13.8 Å². The minimum Gasteiger partial charge on any atom is -0.490 e. The van der Waals surface area contributed by atoms with Gasteiger partial charge in [0.05, 0.1) is 12.3 Å². The third-order valence-electron chi connectivity index (χ3n) is 4.51. The molecular formula is C23H34N2O4. The zero-order valence-corrected chi connectivity index (χ0v) is 18.7. The molecule has 0 aromatic carbocycles. The molecule has 1 atom stereocenters. The van der Waals surface area contributed by atoms with Gasteiger partial charge in [-0.25, -0.2) is 4.98 Å². The fourth-order valence-corrected chi connectivity index (χ4v) is 3.64. The number of carbonyl (C=O) groups excluding carboxylic acids is 2. The number of ketones is 1. The van der Waals surface area contributed by atoms with Crippen molar-refractivity contribution in [2.75, 3.05) is 6.61 Å². The highest BCUT2D eigenvalue weighted by atomic mass is 16.6. The SMILES string of the molecule is CCOc1cccn2c(C(=O)C[C@@H](CC(=O)OC(C)(C)C)CC(C)C)c(C)nc12. The van der Waals surface area contributed by atoms with Crippen LogP contribution >= 0.6 is 0 Å². The van der Waals surface area contributed by atoms with E-state index in [-0.39, 0.29) is 30.5 Å². The molecule has 0 amide bonds. The number of ether oxygens (including phenoxy) is 2. The number of pyridine rings is 1. The molecule has 0 aliphatic heterocycles. The van der Waals surface area contributed by atoms with E-state index in [9.17, 15) is 9.59 Å². The number of Topliss-reactive ketones (excluding diaryl/α,β-unsaturated/α-hetero) is 1. The van der Waals surface area contributed by atoms with Crippen LogP contribution in [0.25, 0.3) is 5.65 Å². The Morgan fingerprint density at radius 2 is 1.90 bits per heavy atom. The van der Waals surface area contributed by atoms with Crippen LogP contribution in [0.15, 0.2) is 18.3 Å². The normalized spacial score (nSPS) is 13.0. The molecule has 0 saturated carbocycles. The van der Waals surface area contributed by atoms with Gasteiger partial charge in [0, 0.05) is 19.0 Å². The number of esters is 1. The first-order valence-electron chi connectivity index (χ1n) is 10.4. The number of hydrogen-bond donors (Lipinski definition) is 0. The molecule has 29 heavy (non-hydrogen) atoms. The summed E-state index contributed by atoms with van der Waals surface area (Å²) in [5.41, 5.74) is 1.34. The Morgan fingerprint density at radius 1 is 1.21 bits per heavy atom. The quantitative estimate of drug-likeness (QED) is 0.436. The minimum atomic E-state index is -0.530. The van der Waals surface area contributed by atoms with Gasteiger partial charge in [0.25, 0.3) is 0 Å². The first-order valence-corrected chi connectivity index (χ1v) is 10.4. The molecule has 2 rings (SSSR count). The summed E-state index contributed by atoms with van der Waals surface area (Å²) in [6.45, 7) is 14.0. The molecule has 0 saturated heterocycles. The Morgan fingerprint density at radius 3 is 2.48 bits per heavy atom. The van der Waals surface area contributed by atoms with Crippen LogP contribution in [0.4, 0.5) is 0 Å². The lowest BCUT2D eigenvalue weighted by atomic mass is 9.89. The van der Waals surface area contributed by atoms with Gasteiger partial charge in [-0.3, -0.25) is 14.0 Å². The van der Waals surface area contributed by atoms with Gasteiger partial charge in [-0.05, 0) is 65.0 Å². The van der Waals surface area contributed by atoms with E-state index in [0.717, 1.165) is 6.42 Å². The first-order chi connectivity index (χ1) is 13.5. The highest BCUT2D eigenvalue weighted by Crippen LogP contribution is 2.27. The van der Waals surface area contributed by atoms with E-state index in [1.807, 2.05) is 52.9 Å². The number of hydrogen-bond acceptors (Lipinski definition) is 5. The van der Waals surface area contributed by atoms with Gasteiger partial charge in [0.2, 0.25) is 0 Å². The fourth-order valence-electron chi connectivity index (χ4n) is 3.64. The Hall–Kier alpha value is -2.37. The standard InChI is InChI=1S/C23H34N2O4/c1-8-28-19-10-9-11-25-21(16(4)24-22(19)25)18(26)13-17(12-15(2)3)14-20(27)29-23(5,6)7/h9-11,15,17H,8,12-14H2,1-7H3/t17-/m0/s1. The maximum Gasteiger partial charge on any atom is 0.306 e. The Bertz CT molecular complexity index is 862. The van der Waals surface area contributed by atoms with Crippen molar-refractivity contribution >= 4 is 17.4 Å². The third-order valence-corrected chi connectivity index (χ3v) is 4.51. The minimum absolute atomic E-state index is 0.0159. The van der Waals surface area contributed by atoms with Gasteiger partial charge < -0.3 is 9.47 Å². The topological polar surface area (TPSA) is 69.9 Å². The lowest BCUT2D eigenvalue weighted by molar-refractivity contribution is -0.156. The van der Waals surface area contributed by atoms with Crippen molar-refractivity contribution in [2.24, 2.45) is 11.8 Å². The zero-order valence-electron chi connectivity index (χ0n) is 18.7. The number of rotatable bonds is 9. The van der Waals surface area contributed by atoms with Crippen LogP contribution in [0.5, 0.6) is 5.75 Å². The molecule has 0 N–H and O–H groups in total. The number of imidazole rings is 1. The molecule has 0 fully saturated rings. The van der Waals surface area contributed by atoms with E-state index >= 15 is 0 Å². The van der Waals surface area contributed by atoms with Crippen molar-refractivity contribution in [2.45, 2.75) is 73.3 Å². The molecule has 2 aromatic rings. The maximum atomic E-state index is 13.2. The first kappa shape index (κ1) is 22.9. The number of nitrogens with zero attached hydrogens (tertiary/aromatic N) is 2. The molecule has 2 heterocycles.